The average molecular weight is 583 g/mol. The molecule has 0 saturated heterocycles. The number of hydrogen-bond acceptors (Lipinski definition) is 7. The molecule has 0 atom stereocenters. The smallest absolute Gasteiger partial charge is 0.265 e. The van der Waals surface area contributed by atoms with Gasteiger partial charge in [-0.15, -0.1) is 0 Å². The fourth-order valence-electron chi connectivity index (χ4n) is 4.41. The Labute approximate surface area is 233 Å². The SMILES string of the molecule is COc1ncc(-c2ccc3c(c2)N(CCCn2ccccc2=O)C(=O)CO3)cc1NS(=O)(=O)c1ccc(F)cc1F. The van der Waals surface area contributed by atoms with Gasteiger partial charge in [0.15, 0.2) is 6.61 Å². The summed E-state index contributed by atoms with van der Waals surface area (Å²) in [4.78, 5) is 29.8. The van der Waals surface area contributed by atoms with E-state index in [-0.39, 0.29) is 29.6 Å². The molecule has 4 aromatic rings. The van der Waals surface area contributed by atoms with Crippen LogP contribution in [-0.2, 0) is 21.4 Å². The maximum atomic E-state index is 14.2. The molecule has 1 aliphatic rings. The van der Waals surface area contributed by atoms with Gasteiger partial charge in [-0.25, -0.2) is 22.2 Å². The van der Waals surface area contributed by atoms with Crippen molar-refractivity contribution in [3.8, 4) is 22.8 Å². The van der Waals surface area contributed by atoms with E-state index in [0.29, 0.717) is 48.1 Å². The third-order valence-corrected chi connectivity index (χ3v) is 7.79. The van der Waals surface area contributed by atoms with E-state index in [9.17, 15) is 26.8 Å². The zero-order valence-corrected chi connectivity index (χ0v) is 22.5. The number of pyridine rings is 2. The van der Waals surface area contributed by atoms with Gasteiger partial charge in [-0.1, -0.05) is 12.1 Å². The summed E-state index contributed by atoms with van der Waals surface area (Å²) in [5.41, 5.74) is 1.33. The van der Waals surface area contributed by atoms with E-state index in [1.54, 1.807) is 46.0 Å². The summed E-state index contributed by atoms with van der Waals surface area (Å²) in [7, 11) is -3.17. The van der Waals surface area contributed by atoms with Gasteiger partial charge in [0.2, 0.25) is 11.4 Å². The van der Waals surface area contributed by atoms with E-state index in [4.69, 9.17) is 9.47 Å². The van der Waals surface area contributed by atoms with Crippen molar-refractivity contribution in [1.82, 2.24) is 9.55 Å². The molecule has 1 N–H and O–H groups in total. The van der Waals surface area contributed by atoms with Crippen LogP contribution in [0.5, 0.6) is 11.6 Å². The van der Waals surface area contributed by atoms with Crippen molar-refractivity contribution in [2.24, 2.45) is 0 Å². The van der Waals surface area contributed by atoms with E-state index in [0.717, 1.165) is 12.1 Å². The van der Waals surface area contributed by atoms with Crippen LogP contribution in [0, 0.1) is 11.6 Å². The molecule has 212 valence electrons. The molecule has 0 radical (unpaired) electrons. The lowest BCUT2D eigenvalue weighted by molar-refractivity contribution is -0.121. The number of amides is 1. The minimum Gasteiger partial charge on any atom is -0.482 e. The number of carbonyl (C=O) groups is 1. The zero-order valence-electron chi connectivity index (χ0n) is 21.7. The maximum Gasteiger partial charge on any atom is 0.265 e. The van der Waals surface area contributed by atoms with Gasteiger partial charge in [0.1, 0.15) is 28.0 Å². The lowest BCUT2D eigenvalue weighted by Crippen LogP contribution is -2.40. The largest absolute Gasteiger partial charge is 0.482 e. The molecule has 0 aliphatic carbocycles. The van der Waals surface area contributed by atoms with Crippen LogP contribution in [-0.4, -0.2) is 44.1 Å². The number of fused-ring (bicyclic) bond motifs is 1. The third kappa shape index (κ3) is 5.89. The number of hydrogen-bond donors (Lipinski definition) is 1. The molecule has 3 heterocycles. The maximum absolute atomic E-state index is 14.2. The van der Waals surface area contributed by atoms with Crippen molar-refractivity contribution < 1.29 is 31.5 Å². The van der Waals surface area contributed by atoms with Crippen LogP contribution >= 0.6 is 0 Å². The van der Waals surface area contributed by atoms with E-state index in [1.165, 1.54) is 25.4 Å². The van der Waals surface area contributed by atoms with E-state index >= 15 is 0 Å². The number of sulfonamides is 1. The summed E-state index contributed by atoms with van der Waals surface area (Å²) >= 11 is 0. The molecule has 0 bridgehead atoms. The second-order valence-corrected chi connectivity index (χ2v) is 10.7. The number of nitrogens with zero attached hydrogens (tertiary/aromatic N) is 3. The lowest BCUT2D eigenvalue weighted by Gasteiger charge is -2.30. The van der Waals surface area contributed by atoms with Crippen LogP contribution in [0.3, 0.4) is 0 Å². The number of anilines is 2. The molecular formula is C28H24F2N4O6S. The van der Waals surface area contributed by atoms with Crippen molar-refractivity contribution in [3.05, 3.63) is 95.0 Å². The van der Waals surface area contributed by atoms with E-state index < -0.39 is 26.6 Å². The number of aromatic nitrogens is 2. The highest BCUT2D eigenvalue weighted by atomic mass is 32.2. The quantitative estimate of drug-likeness (QED) is 0.319. The van der Waals surface area contributed by atoms with E-state index in [2.05, 4.69) is 9.71 Å². The first-order chi connectivity index (χ1) is 19.7. The van der Waals surface area contributed by atoms with Gasteiger partial charge in [-0.2, -0.15) is 0 Å². The molecule has 1 aliphatic heterocycles. The number of aryl methyl sites for hydroxylation is 1. The third-order valence-electron chi connectivity index (χ3n) is 6.39. The summed E-state index contributed by atoms with van der Waals surface area (Å²) in [5, 5.41) is 0. The average Bonchev–Trinajstić information content (AvgIpc) is 2.94. The first kappa shape index (κ1) is 27.8. The fourth-order valence-corrected chi connectivity index (χ4v) is 5.52. The Hall–Kier alpha value is -4.78. The first-order valence-electron chi connectivity index (χ1n) is 12.4. The Morgan fingerprint density at radius 3 is 2.61 bits per heavy atom. The number of ether oxygens (including phenoxy) is 2. The molecule has 0 fully saturated rings. The van der Waals surface area contributed by atoms with Gasteiger partial charge >= 0.3 is 0 Å². The normalized spacial score (nSPS) is 13.0. The Kier molecular flexibility index (Phi) is 7.70. The predicted molar refractivity (Wildman–Crippen MR) is 147 cm³/mol. The molecule has 13 heteroatoms. The predicted octanol–water partition coefficient (Wildman–Crippen LogP) is 3.81. The van der Waals surface area contributed by atoms with Crippen molar-refractivity contribution in [3.63, 3.8) is 0 Å². The minimum absolute atomic E-state index is 0.0749. The monoisotopic (exact) mass is 582 g/mol. The summed E-state index contributed by atoms with van der Waals surface area (Å²) in [6.07, 6.45) is 3.65. The molecule has 0 spiro atoms. The summed E-state index contributed by atoms with van der Waals surface area (Å²) < 4.78 is 68.0. The Balaban J connectivity index is 1.43. The molecule has 5 rings (SSSR count). The number of halogens is 2. The summed E-state index contributed by atoms with van der Waals surface area (Å²) in [5.74, 6) is -2.01. The van der Waals surface area contributed by atoms with Gasteiger partial charge in [0.25, 0.3) is 15.9 Å². The first-order valence-corrected chi connectivity index (χ1v) is 13.9. The molecule has 0 saturated carbocycles. The van der Waals surface area contributed by atoms with Crippen LogP contribution in [0.2, 0.25) is 0 Å². The van der Waals surface area contributed by atoms with Gasteiger partial charge in [0, 0.05) is 43.2 Å². The molecule has 2 aromatic heterocycles. The number of methoxy groups -OCH3 is 1. The number of nitrogens with one attached hydrogen (secondary N) is 1. The second kappa shape index (κ2) is 11.4. The molecule has 2 aromatic carbocycles. The fraction of sp³-hybridized carbons (Fsp3) is 0.179. The van der Waals surface area contributed by atoms with Crippen LogP contribution in [0.25, 0.3) is 11.1 Å². The second-order valence-electron chi connectivity index (χ2n) is 9.06. The molecule has 1 amide bonds. The summed E-state index contributed by atoms with van der Waals surface area (Å²) in [6, 6.07) is 13.6. The minimum atomic E-state index is -4.47. The van der Waals surface area contributed by atoms with Crippen LogP contribution in [0.15, 0.2) is 82.7 Å². The van der Waals surface area contributed by atoms with Crippen molar-refractivity contribution >= 4 is 27.3 Å². The highest BCUT2D eigenvalue weighted by molar-refractivity contribution is 7.92. The Morgan fingerprint density at radius 1 is 1.02 bits per heavy atom. The lowest BCUT2D eigenvalue weighted by atomic mass is 10.0. The topological polar surface area (TPSA) is 120 Å². The van der Waals surface area contributed by atoms with Gasteiger partial charge in [-0.3, -0.25) is 14.3 Å². The number of carbonyl (C=O) groups excluding carboxylic acids is 1. The zero-order chi connectivity index (χ0) is 29.1. The van der Waals surface area contributed by atoms with Crippen molar-refractivity contribution in [2.45, 2.75) is 17.9 Å². The van der Waals surface area contributed by atoms with E-state index in [1.807, 2.05) is 0 Å². The van der Waals surface area contributed by atoms with Crippen LogP contribution < -0.4 is 24.7 Å². The highest BCUT2D eigenvalue weighted by Gasteiger charge is 2.26. The highest BCUT2D eigenvalue weighted by Crippen LogP contribution is 2.38. The Bertz CT molecular complexity index is 1790. The van der Waals surface area contributed by atoms with Gasteiger partial charge in [0.05, 0.1) is 12.8 Å². The molecule has 10 nitrogen and oxygen atoms in total. The molecule has 41 heavy (non-hydrogen) atoms. The number of rotatable bonds is 9. The van der Waals surface area contributed by atoms with Crippen LogP contribution in [0.4, 0.5) is 20.2 Å². The van der Waals surface area contributed by atoms with Crippen molar-refractivity contribution in [2.75, 3.05) is 29.9 Å². The van der Waals surface area contributed by atoms with Gasteiger partial charge in [-0.05, 0) is 48.4 Å². The van der Waals surface area contributed by atoms with Crippen molar-refractivity contribution in [1.29, 1.82) is 0 Å². The number of benzene rings is 2. The Morgan fingerprint density at radius 2 is 1.85 bits per heavy atom. The summed E-state index contributed by atoms with van der Waals surface area (Å²) in [6.45, 7) is 0.614. The molecule has 0 unspecified atom stereocenters. The molecular weight excluding hydrogens is 558 g/mol. The van der Waals surface area contributed by atoms with Crippen LogP contribution in [0.1, 0.15) is 6.42 Å². The van der Waals surface area contributed by atoms with Gasteiger partial charge < -0.3 is 18.9 Å². The standard InChI is InChI=1S/C28H24F2N4O6S/c1-39-28-22(32-41(37,38)25-9-7-20(29)15-21(25)30)13-19(16-31-28)18-6-8-24-23(14-18)34(27(36)17-40-24)12-4-11-33-10-3-2-5-26(33)35/h2-3,5-10,13-16,32H,4,11-12,17H2,1H3.